The molecule has 0 aliphatic carbocycles. The molecule has 2 atom stereocenters. The predicted octanol–water partition coefficient (Wildman–Crippen LogP) is 3.73. The Morgan fingerprint density at radius 3 is 2.53 bits per heavy atom. The fourth-order valence-electron chi connectivity index (χ4n) is 6.64. The number of aliphatic carboxylic acids is 1. The number of pyridine rings is 2. The lowest BCUT2D eigenvalue weighted by Crippen LogP contribution is -2.56. The van der Waals surface area contributed by atoms with Crippen molar-refractivity contribution in [3.63, 3.8) is 0 Å². The van der Waals surface area contributed by atoms with Crippen LogP contribution in [0.1, 0.15) is 36.5 Å². The number of hydrogen-bond acceptors (Lipinski definition) is 8. The molecule has 0 saturated carbocycles. The number of cyclic esters (lactones) is 1. The van der Waals surface area contributed by atoms with Crippen molar-refractivity contribution >= 4 is 28.5 Å². The molecule has 10 nitrogen and oxygen atoms in total. The molecule has 1 unspecified atom stereocenters. The Labute approximate surface area is 248 Å². The van der Waals surface area contributed by atoms with E-state index in [9.17, 15) is 19.5 Å². The Kier molecular flexibility index (Phi) is 6.75. The largest absolute Gasteiger partial charge is 0.481 e. The van der Waals surface area contributed by atoms with Gasteiger partial charge >= 0.3 is 11.9 Å². The highest BCUT2D eigenvalue weighted by Gasteiger charge is 2.50. The summed E-state index contributed by atoms with van der Waals surface area (Å²) in [7, 11) is 0. The minimum Gasteiger partial charge on any atom is -0.481 e. The summed E-state index contributed by atoms with van der Waals surface area (Å²) in [4.78, 5) is 48.7. The molecule has 0 spiro atoms. The maximum Gasteiger partial charge on any atom is 0.343 e. The van der Waals surface area contributed by atoms with Gasteiger partial charge in [-0.1, -0.05) is 43.3 Å². The van der Waals surface area contributed by atoms with E-state index in [1.807, 2.05) is 59.5 Å². The van der Waals surface area contributed by atoms with Crippen LogP contribution in [0, 0.1) is 0 Å². The molecule has 43 heavy (non-hydrogen) atoms. The Hall–Kier alpha value is -4.54. The lowest BCUT2D eigenvalue weighted by molar-refractivity contribution is -0.210. The number of hydrogen-bond donors (Lipinski definition) is 1. The number of ether oxygens (including phenoxy) is 2. The van der Waals surface area contributed by atoms with E-state index in [0.717, 1.165) is 22.2 Å². The van der Waals surface area contributed by atoms with Crippen molar-refractivity contribution in [2.45, 2.75) is 44.7 Å². The van der Waals surface area contributed by atoms with Gasteiger partial charge in [-0.3, -0.25) is 14.5 Å². The summed E-state index contributed by atoms with van der Waals surface area (Å²) in [5.41, 5.74) is 3.04. The smallest absolute Gasteiger partial charge is 0.343 e. The Morgan fingerprint density at radius 2 is 1.79 bits per heavy atom. The highest BCUT2D eigenvalue weighted by Crippen LogP contribution is 2.42. The monoisotopic (exact) mass is 580 g/mol. The molecular weight excluding hydrogens is 548 g/mol. The number of rotatable bonds is 7. The second-order valence-corrected chi connectivity index (χ2v) is 11.3. The summed E-state index contributed by atoms with van der Waals surface area (Å²) in [6.45, 7) is 4.45. The number of carbonyl (C=O) groups excluding carboxylic acids is 1. The average Bonchev–Trinajstić information content (AvgIpc) is 3.39. The Morgan fingerprint density at radius 1 is 1.05 bits per heavy atom. The number of fused-ring (bicyclic) bond motifs is 5. The van der Waals surface area contributed by atoms with E-state index in [-0.39, 0.29) is 25.0 Å². The quantitative estimate of drug-likeness (QED) is 0.288. The molecule has 7 rings (SSSR count). The first-order valence-corrected chi connectivity index (χ1v) is 14.6. The zero-order chi connectivity index (χ0) is 29.7. The number of carboxylic acids is 1. The first kappa shape index (κ1) is 27.3. The predicted molar refractivity (Wildman–Crippen MR) is 160 cm³/mol. The number of esters is 1. The van der Waals surface area contributed by atoms with Crippen molar-refractivity contribution in [2.24, 2.45) is 0 Å². The first-order valence-electron chi connectivity index (χ1n) is 14.6. The molecular formula is C33H32N4O6. The number of para-hydroxylation sites is 2. The second-order valence-electron chi connectivity index (χ2n) is 11.3. The molecule has 2 aromatic heterocycles. The SMILES string of the molecule is CC[C@@]1(OC(CC(=O)O)N2CCN(c3ccccc3)CC2)C(=O)OCc2c1cc1n(c2=O)Cc2cc3ccccc3nc2-1. The van der Waals surface area contributed by atoms with E-state index in [1.165, 1.54) is 0 Å². The van der Waals surface area contributed by atoms with Gasteiger partial charge in [-0.2, -0.15) is 0 Å². The van der Waals surface area contributed by atoms with Gasteiger partial charge in [0.05, 0.1) is 35.4 Å². The van der Waals surface area contributed by atoms with Crippen LogP contribution in [0.3, 0.4) is 0 Å². The van der Waals surface area contributed by atoms with Gasteiger partial charge in [0.25, 0.3) is 5.56 Å². The summed E-state index contributed by atoms with van der Waals surface area (Å²) in [5.74, 6) is -1.65. The summed E-state index contributed by atoms with van der Waals surface area (Å²) >= 11 is 0. The van der Waals surface area contributed by atoms with Gasteiger partial charge in [0.1, 0.15) is 12.8 Å². The van der Waals surface area contributed by atoms with Gasteiger partial charge in [0.15, 0.2) is 5.60 Å². The Balaban J connectivity index is 1.26. The third-order valence-electron chi connectivity index (χ3n) is 8.91. The number of benzene rings is 2. The molecule has 220 valence electrons. The van der Waals surface area contributed by atoms with E-state index in [0.29, 0.717) is 55.2 Å². The van der Waals surface area contributed by atoms with Crippen molar-refractivity contribution in [1.29, 1.82) is 0 Å². The average molecular weight is 581 g/mol. The van der Waals surface area contributed by atoms with Crippen LogP contribution in [0.5, 0.6) is 0 Å². The van der Waals surface area contributed by atoms with Crippen LogP contribution in [-0.4, -0.2) is 63.9 Å². The van der Waals surface area contributed by atoms with Gasteiger partial charge in [0.2, 0.25) is 0 Å². The fraction of sp³-hybridized carbons (Fsp3) is 0.333. The molecule has 4 aromatic rings. The minimum atomic E-state index is -1.64. The normalized spacial score (nSPS) is 20.3. The van der Waals surface area contributed by atoms with Crippen molar-refractivity contribution in [2.75, 3.05) is 31.1 Å². The van der Waals surface area contributed by atoms with Crippen LogP contribution in [0.15, 0.2) is 71.5 Å². The number of nitrogens with zero attached hydrogens (tertiary/aromatic N) is 4. The highest BCUT2D eigenvalue weighted by atomic mass is 16.6. The van der Waals surface area contributed by atoms with Gasteiger partial charge in [-0.15, -0.1) is 0 Å². The van der Waals surface area contributed by atoms with Crippen LogP contribution in [0.25, 0.3) is 22.3 Å². The molecule has 3 aliphatic heterocycles. The topological polar surface area (TPSA) is 114 Å². The third kappa shape index (κ3) is 4.58. The Bertz CT molecular complexity index is 1800. The second kappa shape index (κ2) is 10.6. The molecule has 5 heterocycles. The zero-order valence-corrected chi connectivity index (χ0v) is 23.9. The molecule has 2 aromatic carbocycles. The fourth-order valence-corrected chi connectivity index (χ4v) is 6.64. The number of anilines is 1. The summed E-state index contributed by atoms with van der Waals surface area (Å²) in [5, 5.41) is 10.9. The van der Waals surface area contributed by atoms with E-state index in [4.69, 9.17) is 14.5 Å². The molecule has 1 N–H and O–H groups in total. The molecule has 1 fully saturated rings. The molecule has 0 amide bonds. The van der Waals surface area contributed by atoms with Crippen LogP contribution in [0.2, 0.25) is 0 Å². The van der Waals surface area contributed by atoms with Crippen molar-refractivity contribution in [3.05, 3.63) is 93.8 Å². The van der Waals surface area contributed by atoms with Gasteiger partial charge < -0.3 is 24.0 Å². The van der Waals surface area contributed by atoms with Crippen LogP contribution >= 0.6 is 0 Å². The van der Waals surface area contributed by atoms with Gasteiger partial charge in [-0.25, -0.2) is 9.78 Å². The summed E-state index contributed by atoms with van der Waals surface area (Å²) < 4.78 is 13.9. The lowest BCUT2D eigenvalue weighted by atomic mass is 9.85. The van der Waals surface area contributed by atoms with Crippen LogP contribution < -0.4 is 10.5 Å². The lowest BCUT2D eigenvalue weighted by Gasteiger charge is -2.44. The van der Waals surface area contributed by atoms with E-state index >= 15 is 0 Å². The third-order valence-corrected chi connectivity index (χ3v) is 8.91. The van der Waals surface area contributed by atoms with Crippen LogP contribution in [-0.2, 0) is 37.8 Å². The molecule has 0 radical (unpaired) electrons. The summed E-state index contributed by atoms with van der Waals surface area (Å²) in [6.07, 6.45) is -1.06. The molecule has 10 heteroatoms. The first-order chi connectivity index (χ1) is 20.9. The maximum atomic E-state index is 13.9. The van der Waals surface area contributed by atoms with Crippen LogP contribution in [0.4, 0.5) is 5.69 Å². The van der Waals surface area contributed by atoms with Crippen molar-refractivity contribution < 1.29 is 24.2 Å². The van der Waals surface area contributed by atoms with Gasteiger partial charge in [-0.05, 0) is 36.8 Å². The molecule has 0 bridgehead atoms. The van der Waals surface area contributed by atoms with E-state index in [1.54, 1.807) is 11.5 Å². The maximum absolute atomic E-state index is 13.9. The van der Waals surface area contributed by atoms with Gasteiger partial charge in [0, 0.05) is 48.4 Å². The number of aromatic nitrogens is 2. The molecule has 3 aliphatic rings. The highest BCUT2D eigenvalue weighted by molar-refractivity contribution is 5.86. The number of piperazine rings is 1. The number of carboxylic acid groups (broad SMARTS) is 1. The van der Waals surface area contributed by atoms with Crippen molar-refractivity contribution in [3.8, 4) is 11.4 Å². The standard InChI is InChI=1S/C33H32N4O6/c1-2-33(43-28(18-29(38)39)36-14-12-35(13-15-36)23-9-4-3-5-10-23)25-17-27-30-22(16-21-8-6-7-11-26(21)34-30)19-37(27)31(40)24(25)20-42-32(33)41/h3-11,16-17,28H,2,12-15,18-20H2,1H3,(H,38,39)/t28?,33-/m0/s1. The van der Waals surface area contributed by atoms with Crippen molar-refractivity contribution in [1.82, 2.24) is 14.5 Å². The van der Waals surface area contributed by atoms with E-state index < -0.39 is 23.8 Å². The number of carbonyl (C=O) groups is 2. The summed E-state index contributed by atoms with van der Waals surface area (Å²) in [6, 6.07) is 21.7. The minimum absolute atomic E-state index is 0.163. The van der Waals surface area contributed by atoms with E-state index in [2.05, 4.69) is 17.0 Å². The molecule has 1 saturated heterocycles. The zero-order valence-electron chi connectivity index (χ0n) is 23.9.